The van der Waals surface area contributed by atoms with Gasteiger partial charge in [-0.1, -0.05) is 20.8 Å². The van der Waals surface area contributed by atoms with E-state index in [0.29, 0.717) is 18.5 Å². The number of aromatic carboxylic acids is 1. The van der Waals surface area contributed by atoms with Crippen molar-refractivity contribution in [2.24, 2.45) is 10.8 Å². The van der Waals surface area contributed by atoms with Gasteiger partial charge < -0.3 is 19.5 Å². The van der Waals surface area contributed by atoms with Gasteiger partial charge in [0.15, 0.2) is 0 Å². The number of ether oxygens (including phenoxy) is 1. The van der Waals surface area contributed by atoms with E-state index in [1.165, 1.54) is 11.3 Å². The van der Waals surface area contributed by atoms with Crippen LogP contribution in [0, 0.1) is 17.8 Å². The number of nitrogens with zero attached hydrogens (tertiary/aromatic N) is 2. The largest absolute Gasteiger partial charge is 0.497 e. The van der Waals surface area contributed by atoms with E-state index in [9.17, 15) is 15.0 Å². The first kappa shape index (κ1) is 23.5. The van der Waals surface area contributed by atoms with Crippen LogP contribution in [-0.4, -0.2) is 38.9 Å². The summed E-state index contributed by atoms with van der Waals surface area (Å²) >= 11 is 1.54. The van der Waals surface area contributed by atoms with Crippen molar-refractivity contribution in [3.05, 3.63) is 47.0 Å². The minimum atomic E-state index is -0.938. The third kappa shape index (κ3) is 4.84. The van der Waals surface area contributed by atoms with Crippen LogP contribution in [0.2, 0.25) is 0 Å². The minimum absolute atomic E-state index is 0.0332. The van der Waals surface area contributed by atoms with Gasteiger partial charge in [0.1, 0.15) is 10.8 Å². The van der Waals surface area contributed by atoms with Crippen molar-refractivity contribution in [2.45, 2.75) is 59.6 Å². The zero-order valence-electron chi connectivity index (χ0n) is 19.9. The summed E-state index contributed by atoms with van der Waals surface area (Å²) in [6, 6.07) is 9.49. The molecule has 1 aromatic carbocycles. The van der Waals surface area contributed by atoms with Gasteiger partial charge in [-0.05, 0) is 67.3 Å². The highest BCUT2D eigenvalue weighted by Gasteiger charge is 2.41. The average molecular weight is 469 g/mol. The molecule has 33 heavy (non-hydrogen) atoms. The standard InChI is InChI=1S/C26H32N2O4S/c1-16-20(24(30)31)10-22(28(16)15-26(4)12-18(29)11-25(2,3)14-26)21-13-33-23(27-21)17-6-8-19(32-5)9-7-17/h6-10,13,18,29H,11-12,14-15H2,1-5H3,(H,30,31). The number of carboxylic acid groups (broad SMARTS) is 1. The number of carboxylic acids is 1. The van der Waals surface area contributed by atoms with Crippen LogP contribution in [0.5, 0.6) is 5.75 Å². The molecule has 2 aromatic heterocycles. The first-order valence-electron chi connectivity index (χ1n) is 11.2. The average Bonchev–Trinajstić information content (AvgIpc) is 3.31. The molecule has 0 amide bonds. The van der Waals surface area contributed by atoms with Crippen LogP contribution < -0.4 is 4.74 Å². The van der Waals surface area contributed by atoms with E-state index >= 15 is 0 Å². The van der Waals surface area contributed by atoms with Gasteiger partial charge >= 0.3 is 5.97 Å². The summed E-state index contributed by atoms with van der Waals surface area (Å²) in [5.41, 5.74) is 3.46. The Morgan fingerprint density at radius 2 is 1.94 bits per heavy atom. The molecule has 0 spiro atoms. The van der Waals surface area contributed by atoms with Crippen molar-refractivity contribution >= 4 is 17.3 Å². The van der Waals surface area contributed by atoms with E-state index in [-0.39, 0.29) is 16.9 Å². The molecule has 1 saturated carbocycles. The van der Waals surface area contributed by atoms with Gasteiger partial charge in [-0.15, -0.1) is 11.3 Å². The SMILES string of the molecule is COc1ccc(-c2nc(-c3cc(C(=O)O)c(C)n3CC3(C)CC(O)CC(C)(C)C3)cs2)cc1. The number of hydrogen-bond acceptors (Lipinski definition) is 5. The third-order valence-corrected chi connectivity index (χ3v) is 7.55. The Hall–Kier alpha value is -2.64. The molecule has 1 aliphatic carbocycles. The molecule has 1 fully saturated rings. The molecule has 0 radical (unpaired) electrons. The number of methoxy groups -OCH3 is 1. The van der Waals surface area contributed by atoms with Gasteiger partial charge in [0, 0.05) is 23.2 Å². The van der Waals surface area contributed by atoms with Crippen LogP contribution in [0.3, 0.4) is 0 Å². The Kier molecular flexibility index (Phi) is 6.14. The second kappa shape index (κ2) is 8.61. The van der Waals surface area contributed by atoms with Gasteiger partial charge in [0.05, 0.1) is 30.2 Å². The molecule has 176 valence electrons. The number of carbonyl (C=O) groups is 1. The number of hydrogen-bond donors (Lipinski definition) is 2. The van der Waals surface area contributed by atoms with E-state index in [4.69, 9.17) is 9.72 Å². The van der Waals surface area contributed by atoms with E-state index in [2.05, 4.69) is 25.3 Å². The molecule has 0 aliphatic heterocycles. The normalized spacial score (nSPS) is 22.3. The second-order valence-corrected chi connectivity index (χ2v) is 11.3. The summed E-state index contributed by atoms with van der Waals surface area (Å²) in [5, 5.41) is 23.2. The van der Waals surface area contributed by atoms with Gasteiger partial charge in [-0.25, -0.2) is 9.78 Å². The maximum absolute atomic E-state index is 11.9. The minimum Gasteiger partial charge on any atom is -0.497 e. The van der Waals surface area contributed by atoms with Crippen LogP contribution >= 0.6 is 11.3 Å². The number of benzene rings is 1. The maximum Gasteiger partial charge on any atom is 0.337 e. The first-order valence-corrected chi connectivity index (χ1v) is 12.1. The van der Waals surface area contributed by atoms with E-state index in [0.717, 1.165) is 46.2 Å². The molecular formula is C26H32N2O4S. The topological polar surface area (TPSA) is 84.6 Å². The van der Waals surface area contributed by atoms with Crippen molar-refractivity contribution in [1.29, 1.82) is 0 Å². The molecule has 3 aromatic rings. The molecule has 6 nitrogen and oxygen atoms in total. The van der Waals surface area contributed by atoms with Crippen LogP contribution in [0.1, 0.15) is 56.1 Å². The summed E-state index contributed by atoms with van der Waals surface area (Å²) in [5.74, 6) is -0.149. The third-order valence-electron chi connectivity index (χ3n) is 6.66. The van der Waals surface area contributed by atoms with Crippen LogP contribution in [-0.2, 0) is 6.54 Å². The van der Waals surface area contributed by atoms with Crippen molar-refractivity contribution < 1.29 is 19.7 Å². The lowest BCUT2D eigenvalue weighted by Gasteiger charge is -2.45. The summed E-state index contributed by atoms with van der Waals surface area (Å²) in [6.07, 6.45) is 2.10. The van der Waals surface area contributed by atoms with E-state index in [1.807, 2.05) is 36.6 Å². The van der Waals surface area contributed by atoms with Gasteiger partial charge in [-0.3, -0.25) is 0 Å². The summed E-state index contributed by atoms with van der Waals surface area (Å²) in [4.78, 5) is 16.8. The van der Waals surface area contributed by atoms with E-state index in [1.54, 1.807) is 13.2 Å². The second-order valence-electron chi connectivity index (χ2n) is 10.4. The van der Waals surface area contributed by atoms with Gasteiger partial charge in [0.2, 0.25) is 0 Å². The fraction of sp³-hybridized carbons (Fsp3) is 0.462. The first-order chi connectivity index (χ1) is 15.5. The quantitative estimate of drug-likeness (QED) is 0.472. The zero-order chi connectivity index (χ0) is 24.0. The predicted molar refractivity (Wildman–Crippen MR) is 131 cm³/mol. The molecule has 2 heterocycles. The molecule has 0 bridgehead atoms. The maximum atomic E-state index is 11.9. The Bertz CT molecular complexity index is 1160. The summed E-state index contributed by atoms with van der Waals surface area (Å²) in [7, 11) is 1.64. The lowest BCUT2D eigenvalue weighted by molar-refractivity contribution is -0.0171. The lowest BCUT2D eigenvalue weighted by atomic mass is 9.63. The van der Waals surface area contributed by atoms with Crippen LogP contribution in [0.15, 0.2) is 35.7 Å². The molecule has 0 saturated heterocycles. The lowest BCUT2D eigenvalue weighted by Crippen LogP contribution is -2.40. The van der Waals surface area contributed by atoms with Crippen LogP contribution in [0.25, 0.3) is 22.0 Å². The summed E-state index contributed by atoms with van der Waals surface area (Å²) < 4.78 is 7.33. The highest BCUT2D eigenvalue weighted by atomic mass is 32.1. The molecule has 2 N–H and O–H groups in total. The Morgan fingerprint density at radius 1 is 1.24 bits per heavy atom. The van der Waals surface area contributed by atoms with E-state index < -0.39 is 5.97 Å². The fourth-order valence-corrected chi connectivity index (χ4v) is 6.44. The molecule has 2 unspecified atom stereocenters. The Labute approximate surface area is 198 Å². The van der Waals surface area contributed by atoms with Crippen molar-refractivity contribution in [2.75, 3.05) is 7.11 Å². The molecule has 1 aliphatic rings. The smallest absolute Gasteiger partial charge is 0.337 e. The fourth-order valence-electron chi connectivity index (χ4n) is 5.62. The highest BCUT2D eigenvalue weighted by Crippen LogP contribution is 2.48. The number of thiazole rings is 1. The Balaban J connectivity index is 1.73. The number of aromatic nitrogens is 2. The molecule has 2 atom stereocenters. The number of aliphatic hydroxyl groups excluding tert-OH is 1. The molecular weight excluding hydrogens is 436 g/mol. The highest BCUT2D eigenvalue weighted by molar-refractivity contribution is 7.13. The monoisotopic (exact) mass is 468 g/mol. The summed E-state index contributed by atoms with van der Waals surface area (Å²) in [6.45, 7) is 9.09. The van der Waals surface area contributed by atoms with Crippen molar-refractivity contribution in [3.8, 4) is 27.7 Å². The van der Waals surface area contributed by atoms with Crippen molar-refractivity contribution in [3.63, 3.8) is 0 Å². The predicted octanol–water partition coefficient (Wildman–Crippen LogP) is 5.87. The van der Waals surface area contributed by atoms with Gasteiger partial charge in [0.25, 0.3) is 0 Å². The van der Waals surface area contributed by atoms with Crippen molar-refractivity contribution in [1.82, 2.24) is 9.55 Å². The molecule has 7 heteroatoms. The number of aliphatic hydroxyl groups is 1. The van der Waals surface area contributed by atoms with Crippen LogP contribution in [0.4, 0.5) is 0 Å². The van der Waals surface area contributed by atoms with Gasteiger partial charge in [-0.2, -0.15) is 0 Å². The zero-order valence-corrected chi connectivity index (χ0v) is 20.7. The number of rotatable bonds is 6. The Morgan fingerprint density at radius 3 is 2.55 bits per heavy atom. The molecule has 4 rings (SSSR count).